The Morgan fingerprint density at radius 2 is 2.06 bits per heavy atom. The van der Waals surface area contributed by atoms with Crippen LogP contribution >= 0.6 is 11.8 Å². The van der Waals surface area contributed by atoms with Crippen LogP contribution in [0.4, 0.5) is 0 Å². The lowest BCUT2D eigenvalue weighted by atomic mass is 9.96. The first kappa shape index (κ1) is 12.0. The third-order valence-electron chi connectivity index (χ3n) is 3.71. The van der Waals surface area contributed by atoms with E-state index in [0.29, 0.717) is 12.0 Å². The summed E-state index contributed by atoms with van der Waals surface area (Å²) in [6, 6.07) is 0.442. The molecule has 0 bridgehead atoms. The van der Waals surface area contributed by atoms with Gasteiger partial charge in [-0.05, 0) is 25.7 Å². The zero-order valence-electron chi connectivity index (χ0n) is 10.2. The minimum absolute atomic E-state index is 0.115. The second-order valence-electron chi connectivity index (χ2n) is 5.19. The molecule has 1 unspecified atom stereocenters. The number of nitrogens with zero attached hydrogens (tertiary/aromatic N) is 1. The SMILES string of the molecule is CC(C)C1(C)SC(=NC2CCCC2)NC1=O. The monoisotopic (exact) mass is 240 g/mol. The smallest absolute Gasteiger partial charge is 0.242 e. The predicted molar refractivity (Wildman–Crippen MR) is 68.7 cm³/mol. The van der Waals surface area contributed by atoms with E-state index in [1.54, 1.807) is 11.8 Å². The molecular formula is C12H20N2OS. The van der Waals surface area contributed by atoms with Gasteiger partial charge in [-0.2, -0.15) is 0 Å². The third-order valence-corrected chi connectivity index (χ3v) is 5.19. The maximum absolute atomic E-state index is 11.9. The zero-order chi connectivity index (χ0) is 11.8. The molecule has 1 N–H and O–H groups in total. The van der Waals surface area contributed by atoms with E-state index < -0.39 is 0 Å². The van der Waals surface area contributed by atoms with E-state index in [1.807, 2.05) is 6.92 Å². The molecule has 1 heterocycles. The first-order valence-corrected chi connectivity index (χ1v) is 6.92. The van der Waals surface area contributed by atoms with Crippen LogP contribution in [-0.4, -0.2) is 21.9 Å². The number of carbonyl (C=O) groups excluding carboxylic acids is 1. The summed E-state index contributed by atoms with van der Waals surface area (Å²) >= 11 is 1.61. The summed E-state index contributed by atoms with van der Waals surface area (Å²) in [6.45, 7) is 6.19. The lowest BCUT2D eigenvalue weighted by Gasteiger charge is -2.22. The number of thioether (sulfide) groups is 1. The highest BCUT2D eigenvalue weighted by atomic mass is 32.2. The molecule has 0 aromatic heterocycles. The van der Waals surface area contributed by atoms with Crippen LogP contribution in [0, 0.1) is 5.92 Å². The highest BCUT2D eigenvalue weighted by molar-refractivity contribution is 8.16. The minimum atomic E-state index is -0.336. The van der Waals surface area contributed by atoms with Crippen LogP contribution in [0.2, 0.25) is 0 Å². The summed E-state index contributed by atoms with van der Waals surface area (Å²) < 4.78 is -0.336. The van der Waals surface area contributed by atoms with E-state index in [2.05, 4.69) is 24.2 Å². The molecule has 0 aromatic carbocycles. The van der Waals surface area contributed by atoms with Gasteiger partial charge in [0.25, 0.3) is 0 Å². The summed E-state index contributed by atoms with van der Waals surface area (Å²) in [7, 11) is 0. The van der Waals surface area contributed by atoms with Crippen LogP contribution in [0.3, 0.4) is 0 Å². The average molecular weight is 240 g/mol. The van der Waals surface area contributed by atoms with E-state index >= 15 is 0 Å². The maximum atomic E-state index is 11.9. The van der Waals surface area contributed by atoms with Crippen molar-refractivity contribution in [3.63, 3.8) is 0 Å². The Balaban J connectivity index is 2.08. The van der Waals surface area contributed by atoms with Gasteiger partial charge in [-0.15, -0.1) is 0 Å². The Bertz CT molecular complexity index is 321. The van der Waals surface area contributed by atoms with E-state index in [1.165, 1.54) is 25.7 Å². The molecule has 1 aliphatic heterocycles. The quantitative estimate of drug-likeness (QED) is 0.806. The Kier molecular flexibility index (Phi) is 3.29. The molecule has 4 heteroatoms. The van der Waals surface area contributed by atoms with Crippen molar-refractivity contribution in [2.75, 3.05) is 0 Å². The largest absolute Gasteiger partial charge is 0.304 e. The molecule has 1 amide bonds. The third kappa shape index (κ3) is 2.12. The van der Waals surface area contributed by atoms with Gasteiger partial charge in [0.2, 0.25) is 5.91 Å². The van der Waals surface area contributed by atoms with Crippen molar-refractivity contribution < 1.29 is 4.79 Å². The van der Waals surface area contributed by atoms with Gasteiger partial charge in [0.1, 0.15) is 4.75 Å². The van der Waals surface area contributed by atoms with Crippen LogP contribution in [0.1, 0.15) is 46.5 Å². The molecule has 1 saturated carbocycles. The first-order chi connectivity index (χ1) is 7.52. The van der Waals surface area contributed by atoms with Gasteiger partial charge in [0.05, 0.1) is 6.04 Å². The summed E-state index contributed by atoms with van der Waals surface area (Å²) in [5.74, 6) is 0.443. The fraction of sp³-hybridized carbons (Fsp3) is 0.833. The highest BCUT2D eigenvalue weighted by Gasteiger charge is 2.45. The van der Waals surface area contributed by atoms with Crippen molar-refractivity contribution in [3.05, 3.63) is 0 Å². The van der Waals surface area contributed by atoms with Gasteiger partial charge in [0, 0.05) is 0 Å². The number of amidine groups is 1. The van der Waals surface area contributed by atoms with E-state index in [0.717, 1.165) is 5.17 Å². The molecule has 2 fully saturated rings. The summed E-state index contributed by atoms with van der Waals surface area (Å²) in [4.78, 5) is 16.6. The lowest BCUT2D eigenvalue weighted by Crippen LogP contribution is -2.38. The van der Waals surface area contributed by atoms with E-state index in [9.17, 15) is 4.79 Å². The summed E-state index contributed by atoms with van der Waals surface area (Å²) in [6.07, 6.45) is 4.92. The van der Waals surface area contributed by atoms with Crippen LogP contribution in [0.15, 0.2) is 4.99 Å². The standard InChI is InChI=1S/C12H20N2OS/c1-8(2)12(3)10(15)14-11(16-12)13-9-6-4-5-7-9/h8-9H,4-7H2,1-3H3,(H,13,14,15). The molecule has 0 radical (unpaired) electrons. The van der Waals surface area contributed by atoms with Gasteiger partial charge >= 0.3 is 0 Å². The molecule has 2 rings (SSSR count). The summed E-state index contributed by atoms with van der Waals surface area (Å²) in [5.41, 5.74) is 0. The number of rotatable bonds is 2. The van der Waals surface area contributed by atoms with Crippen molar-refractivity contribution >= 4 is 22.8 Å². The Morgan fingerprint density at radius 3 is 2.56 bits per heavy atom. The average Bonchev–Trinajstić information content (AvgIpc) is 2.77. The van der Waals surface area contributed by atoms with Crippen molar-refractivity contribution in [1.29, 1.82) is 0 Å². The van der Waals surface area contributed by atoms with Crippen LogP contribution in [-0.2, 0) is 4.79 Å². The number of nitrogens with one attached hydrogen (secondary N) is 1. The molecular weight excluding hydrogens is 220 g/mol. The van der Waals surface area contributed by atoms with Gasteiger partial charge < -0.3 is 5.32 Å². The predicted octanol–water partition coefficient (Wildman–Crippen LogP) is 2.56. The van der Waals surface area contributed by atoms with Gasteiger partial charge in [-0.25, -0.2) is 0 Å². The molecule has 1 saturated heterocycles. The minimum Gasteiger partial charge on any atom is -0.304 e. The molecule has 0 spiro atoms. The van der Waals surface area contributed by atoms with Crippen molar-refractivity contribution in [3.8, 4) is 0 Å². The van der Waals surface area contributed by atoms with Gasteiger partial charge in [-0.1, -0.05) is 38.5 Å². The Hall–Kier alpha value is -0.510. The lowest BCUT2D eigenvalue weighted by molar-refractivity contribution is -0.122. The Labute approximate surface area is 101 Å². The highest BCUT2D eigenvalue weighted by Crippen LogP contribution is 2.38. The van der Waals surface area contributed by atoms with E-state index in [4.69, 9.17) is 0 Å². The summed E-state index contributed by atoms with van der Waals surface area (Å²) in [5, 5.41) is 3.77. The van der Waals surface area contributed by atoms with Crippen molar-refractivity contribution in [2.45, 2.75) is 57.2 Å². The van der Waals surface area contributed by atoms with E-state index in [-0.39, 0.29) is 10.7 Å². The molecule has 3 nitrogen and oxygen atoms in total. The molecule has 1 aliphatic carbocycles. The van der Waals surface area contributed by atoms with Gasteiger partial charge in [-0.3, -0.25) is 9.79 Å². The fourth-order valence-corrected chi connectivity index (χ4v) is 3.26. The number of hydrogen-bond acceptors (Lipinski definition) is 3. The first-order valence-electron chi connectivity index (χ1n) is 6.10. The normalized spacial score (nSPS) is 34.0. The topological polar surface area (TPSA) is 41.5 Å². The van der Waals surface area contributed by atoms with Crippen LogP contribution in [0.25, 0.3) is 0 Å². The van der Waals surface area contributed by atoms with Crippen molar-refractivity contribution in [1.82, 2.24) is 5.32 Å². The zero-order valence-corrected chi connectivity index (χ0v) is 11.1. The van der Waals surface area contributed by atoms with Gasteiger partial charge in [0.15, 0.2) is 5.17 Å². The Morgan fingerprint density at radius 1 is 1.44 bits per heavy atom. The molecule has 16 heavy (non-hydrogen) atoms. The second-order valence-corrected chi connectivity index (χ2v) is 6.63. The molecule has 1 atom stereocenters. The molecule has 0 aromatic rings. The van der Waals surface area contributed by atoms with Crippen molar-refractivity contribution in [2.24, 2.45) is 10.9 Å². The number of aliphatic imine (C=N–C) groups is 1. The molecule has 2 aliphatic rings. The second kappa shape index (κ2) is 4.40. The fourth-order valence-electron chi connectivity index (χ4n) is 2.13. The van der Waals surface area contributed by atoms with Crippen LogP contribution in [0.5, 0.6) is 0 Å². The number of amides is 1. The molecule has 90 valence electrons. The number of carbonyl (C=O) groups is 1. The maximum Gasteiger partial charge on any atom is 0.242 e. The number of hydrogen-bond donors (Lipinski definition) is 1. The van der Waals surface area contributed by atoms with Crippen LogP contribution < -0.4 is 5.32 Å².